The average molecular weight is 226 g/mol. The molecule has 1 aromatic carbocycles. The lowest BCUT2D eigenvalue weighted by Gasteiger charge is -2.03. The van der Waals surface area contributed by atoms with E-state index in [9.17, 15) is 0 Å². The standard InChI is InChI=1S/C13H14N4/c1-2-12-11(3-4-15-12)7-10(1)8-14-9-13-16-5-6-17-13/h1-7,14-15H,8-9H2,(H,16,17). The fourth-order valence-corrected chi connectivity index (χ4v) is 1.93. The molecule has 2 heterocycles. The van der Waals surface area contributed by atoms with Gasteiger partial charge in [-0.2, -0.15) is 0 Å². The van der Waals surface area contributed by atoms with Gasteiger partial charge < -0.3 is 15.3 Å². The van der Waals surface area contributed by atoms with E-state index in [0.29, 0.717) is 0 Å². The molecule has 3 N–H and O–H groups in total. The molecule has 0 unspecified atom stereocenters. The lowest BCUT2D eigenvalue weighted by molar-refractivity contribution is 0.669. The maximum Gasteiger partial charge on any atom is 0.120 e. The van der Waals surface area contributed by atoms with Crippen LogP contribution in [-0.2, 0) is 13.1 Å². The van der Waals surface area contributed by atoms with Crippen LogP contribution in [0.4, 0.5) is 0 Å². The summed E-state index contributed by atoms with van der Waals surface area (Å²) in [5.41, 5.74) is 2.46. The van der Waals surface area contributed by atoms with Crippen molar-refractivity contribution < 1.29 is 0 Å². The van der Waals surface area contributed by atoms with Gasteiger partial charge in [0, 0.05) is 30.7 Å². The molecule has 0 atom stereocenters. The highest BCUT2D eigenvalue weighted by atomic mass is 15.0. The number of fused-ring (bicyclic) bond motifs is 1. The van der Waals surface area contributed by atoms with Gasteiger partial charge in [0.05, 0.1) is 6.54 Å². The van der Waals surface area contributed by atoms with Gasteiger partial charge in [-0.05, 0) is 29.1 Å². The summed E-state index contributed by atoms with van der Waals surface area (Å²) in [6.45, 7) is 1.61. The number of aromatic amines is 2. The van der Waals surface area contributed by atoms with Crippen LogP contribution in [0.1, 0.15) is 11.4 Å². The zero-order valence-corrected chi connectivity index (χ0v) is 9.40. The molecule has 4 heteroatoms. The Morgan fingerprint density at radius 2 is 2.06 bits per heavy atom. The van der Waals surface area contributed by atoms with E-state index < -0.39 is 0 Å². The molecule has 0 bridgehead atoms. The first-order valence-corrected chi connectivity index (χ1v) is 5.67. The van der Waals surface area contributed by atoms with Gasteiger partial charge in [-0.3, -0.25) is 0 Å². The zero-order chi connectivity index (χ0) is 11.5. The Kier molecular flexibility index (Phi) is 2.63. The van der Waals surface area contributed by atoms with Crippen LogP contribution >= 0.6 is 0 Å². The Hall–Kier alpha value is -2.07. The third kappa shape index (κ3) is 2.21. The predicted molar refractivity (Wildman–Crippen MR) is 67.4 cm³/mol. The van der Waals surface area contributed by atoms with Crippen molar-refractivity contribution in [1.82, 2.24) is 20.3 Å². The minimum absolute atomic E-state index is 0.762. The number of benzene rings is 1. The summed E-state index contributed by atoms with van der Waals surface area (Å²) >= 11 is 0. The lowest BCUT2D eigenvalue weighted by Crippen LogP contribution is -2.13. The van der Waals surface area contributed by atoms with Gasteiger partial charge in [0.2, 0.25) is 0 Å². The molecule has 0 saturated heterocycles. The SMILES string of the molecule is c1c[nH]c(CNCc2ccc3[nH]ccc3c2)n1. The van der Waals surface area contributed by atoms with Crippen LogP contribution in [0.5, 0.6) is 0 Å². The van der Waals surface area contributed by atoms with Crippen molar-refractivity contribution in [1.29, 1.82) is 0 Å². The molecule has 4 nitrogen and oxygen atoms in total. The smallest absolute Gasteiger partial charge is 0.120 e. The Labute approximate surface area is 99.1 Å². The van der Waals surface area contributed by atoms with E-state index in [1.807, 2.05) is 12.4 Å². The normalized spacial score (nSPS) is 11.1. The van der Waals surface area contributed by atoms with Gasteiger partial charge in [-0.15, -0.1) is 0 Å². The Morgan fingerprint density at radius 1 is 1.06 bits per heavy atom. The van der Waals surface area contributed by atoms with Crippen molar-refractivity contribution in [2.45, 2.75) is 13.1 Å². The summed E-state index contributed by atoms with van der Waals surface area (Å²) in [7, 11) is 0. The highest BCUT2D eigenvalue weighted by molar-refractivity contribution is 5.79. The summed E-state index contributed by atoms with van der Waals surface area (Å²) in [5.74, 6) is 0.965. The van der Waals surface area contributed by atoms with Crippen LogP contribution in [0.2, 0.25) is 0 Å². The molecule has 2 aromatic heterocycles. The minimum atomic E-state index is 0.762. The first kappa shape index (κ1) is 10.1. The number of H-pyrrole nitrogens is 2. The lowest BCUT2D eigenvalue weighted by atomic mass is 10.1. The Bertz CT molecular complexity index is 595. The van der Waals surface area contributed by atoms with Gasteiger partial charge in [-0.25, -0.2) is 4.98 Å². The van der Waals surface area contributed by atoms with E-state index in [-0.39, 0.29) is 0 Å². The second-order valence-electron chi connectivity index (χ2n) is 4.04. The van der Waals surface area contributed by atoms with Gasteiger partial charge in [-0.1, -0.05) is 6.07 Å². The summed E-state index contributed by atoms with van der Waals surface area (Å²) < 4.78 is 0. The summed E-state index contributed by atoms with van der Waals surface area (Å²) in [6.07, 6.45) is 5.57. The van der Waals surface area contributed by atoms with E-state index in [1.165, 1.54) is 16.5 Å². The monoisotopic (exact) mass is 226 g/mol. The third-order valence-electron chi connectivity index (χ3n) is 2.79. The number of imidazole rings is 1. The van der Waals surface area contributed by atoms with E-state index >= 15 is 0 Å². The summed E-state index contributed by atoms with van der Waals surface area (Å²) in [6, 6.07) is 8.53. The van der Waals surface area contributed by atoms with Crippen LogP contribution in [0.15, 0.2) is 42.9 Å². The first-order valence-electron chi connectivity index (χ1n) is 5.67. The number of hydrogen-bond acceptors (Lipinski definition) is 2. The van der Waals surface area contributed by atoms with E-state index in [1.54, 1.807) is 6.20 Å². The Balaban J connectivity index is 1.64. The highest BCUT2D eigenvalue weighted by Gasteiger charge is 1.98. The van der Waals surface area contributed by atoms with E-state index in [4.69, 9.17) is 0 Å². The quantitative estimate of drug-likeness (QED) is 0.638. The van der Waals surface area contributed by atoms with Crippen molar-refractivity contribution in [2.24, 2.45) is 0 Å². The van der Waals surface area contributed by atoms with Gasteiger partial charge in [0.1, 0.15) is 5.82 Å². The molecule has 17 heavy (non-hydrogen) atoms. The number of nitrogens with zero attached hydrogens (tertiary/aromatic N) is 1. The molecule has 0 fully saturated rings. The number of aromatic nitrogens is 3. The fourth-order valence-electron chi connectivity index (χ4n) is 1.93. The largest absolute Gasteiger partial charge is 0.361 e. The van der Waals surface area contributed by atoms with Crippen molar-refractivity contribution >= 4 is 10.9 Å². The molecular weight excluding hydrogens is 212 g/mol. The molecule has 0 radical (unpaired) electrons. The topological polar surface area (TPSA) is 56.5 Å². The maximum atomic E-state index is 4.17. The number of hydrogen-bond donors (Lipinski definition) is 3. The zero-order valence-electron chi connectivity index (χ0n) is 9.40. The number of nitrogens with one attached hydrogen (secondary N) is 3. The van der Waals surface area contributed by atoms with Gasteiger partial charge in [0.25, 0.3) is 0 Å². The maximum absolute atomic E-state index is 4.17. The first-order chi connectivity index (χ1) is 8.42. The fraction of sp³-hybridized carbons (Fsp3) is 0.154. The molecule has 0 aliphatic rings. The predicted octanol–water partition coefficient (Wildman–Crippen LogP) is 2.18. The molecule has 86 valence electrons. The van der Waals surface area contributed by atoms with Crippen LogP contribution in [-0.4, -0.2) is 15.0 Å². The van der Waals surface area contributed by atoms with Crippen LogP contribution in [0, 0.1) is 0 Å². The van der Waals surface area contributed by atoms with E-state index in [0.717, 1.165) is 18.9 Å². The summed E-state index contributed by atoms with van der Waals surface area (Å²) in [4.78, 5) is 10.4. The second kappa shape index (κ2) is 4.43. The molecule has 3 aromatic rings. The molecule has 3 rings (SSSR count). The Morgan fingerprint density at radius 3 is 2.94 bits per heavy atom. The average Bonchev–Trinajstić information content (AvgIpc) is 2.98. The van der Waals surface area contributed by atoms with Gasteiger partial charge in [0.15, 0.2) is 0 Å². The summed E-state index contributed by atoms with van der Waals surface area (Å²) in [5, 5.41) is 4.61. The molecule has 0 spiro atoms. The van der Waals surface area contributed by atoms with Crippen LogP contribution in [0.3, 0.4) is 0 Å². The van der Waals surface area contributed by atoms with Crippen molar-refractivity contribution in [2.75, 3.05) is 0 Å². The van der Waals surface area contributed by atoms with Crippen LogP contribution < -0.4 is 5.32 Å². The van der Waals surface area contributed by atoms with Crippen molar-refractivity contribution in [3.05, 3.63) is 54.2 Å². The third-order valence-corrected chi connectivity index (χ3v) is 2.79. The van der Waals surface area contributed by atoms with Crippen molar-refractivity contribution in [3.8, 4) is 0 Å². The highest BCUT2D eigenvalue weighted by Crippen LogP contribution is 2.14. The molecule has 0 amide bonds. The van der Waals surface area contributed by atoms with E-state index in [2.05, 4.69) is 44.5 Å². The molecule has 0 aliphatic heterocycles. The van der Waals surface area contributed by atoms with Crippen LogP contribution in [0.25, 0.3) is 10.9 Å². The minimum Gasteiger partial charge on any atom is -0.361 e. The van der Waals surface area contributed by atoms with Gasteiger partial charge >= 0.3 is 0 Å². The molecule has 0 saturated carbocycles. The van der Waals surface area contributed by atoms with Crippen molar-refractivity contribution in [3.63, 3.8) is 0 Å². The second-order valence-corrected chi connectivity index (χ2v) is 4.04. The molecule has 0 aliphatic carbocycles. The molecular formula is C13H14N4. The number of rotatable bonds is 4.